The normalized spacial score (nSPS) is 23.0. The molecule has 0 aromatic carbocycles. The third kappa shape index (κ3) is 2.41. The number of alkyl halides is 2. The molecule has 0 saturated heterocycles. The molecule has 0 aromatic heterocycles. The van der Waals surface area contributed by atoms with Crippen LogP contribution in [0.3, 0.4) is 0 Å². The average molecular weight is 177 g/mol. The highest BCUT2D eigenvalue weighted by molar-refractivity contribution is 4.76. The molecular weight excluding hydrogens is 160 g/mol. The van der Waals surface area contributed by atoms with Crippen molar-refractivity contribution in [1.82, 2.24) is 0 Å². The van der Waals surface area contributed by atoms with Crippen LogP contribution in [0.2, 0.25) is 0 Å². The summed E-state index contributed by atoms with van der Waals surface area (Å²) in [6.07, 6.45) is 3.09. The molecule has 0 aromatic rings. The molecule has 1 nitrogen and oxygen atoms in total. The van der Waals surface area contributed by atoms with E-state index in [-0.39, 0.29) is 12.5 Å². The second-order valence-electron chi connectivity index (χ2n) is 3.63. The van der Waals surface area contributed by atoms with Crippen molar-refractivity contribution < 1.29 is 8.78 Å². The number of nitrogens with two attached hydrogens (primary N) is 1. The zero-order valence-corrected chi connectivity index (χ0v) is 7.31. The summed E-state index contributed by atoms with van der Waals surface area (Å²) in [5.41, 5.74) is 5.32. The summed E-state index contributed by atoms with van der Waals surface area (Å²) in [5.74, 6) is -0.367. The van der Waals surface area contributed by atoms with E-state index in [1.807, 2.05) is 0 Å². The predicted octanol–water partition coefficient (Wildman–Crippen LogP) is 2.41. The minimum atomic E-state index is -2.22. The monoisotopic (exact) mass is 177 g/mol. The van der Waals surface area contributed by atoms with Crippen LogP contribution in [0.1, 0.15) is 32.1 Å². The molecule has 1 aliphatic carbocycles. The van der Waals surface area contributed by atoms with Crippen LogP contribution in [0.15, 0.2) is 0 Å². The van der Waals surface area contributed by atoms with Crippen LogP contribution in [0, 0.1) is 11.8 Å². The number of hydrogen-bond acceptors (Lipinski definition) is 1. The van der Waals surface area contributed by atoms with E-state index in [2.05, 4.69) is 0 Å². The number of rotatable bonds is 3. The van der Waals surface area contributed by atoms with E-state index in [0.717, 1.165) is 25.7 Å². The molecule has 1 fully saturated rings. The lowest BCUT2D eigenvalue weighted by molar-refractivity contribution is 0.0365. The van der Waals surface area contributed by atoms with Gasteiger partial charge in [0.05, 0.1) is 0 Å². The Labute approximate surface area is 72.3 Å². The molecule has 1 unspecified atom stereocenters. The van der Waals surface area contributed by atoms with Crippen molar-refractivity contribution in [3.05, 3.63) is 0 Å². The molecule has 0 heterocycles. The minimum absolute atomic E-state index is 0.141. The zero-order valence-electron chi connectivity index (χ0n) is 7.31. The van der Waals surface area contributed by atoms with Crippen LogP contribution >= 0.6 is 0 Å². The molecule has 1 aliphatic rings. The Kier molecular flexibility index (Phi) is 3.92. The van der Waals surface area contributed by atoms with Crippen molar-refractivity contribution in [3.63, 3.8) is 0 Å². The first-order chi connectivity index (χ1) is 5.75. The lowest BCUT2D eigenvalue weighted by atomic mass is 9.80. The van der Waals surface area contributed by atoms with E-state index in [0.29, 0.717) is 0 Å². The summed E-state index contributed by atoms with van der Waals surface area (Å²) >= 11 is 0. The van der Waals surface area contributed by atoms with Crippen molar-refractivity contribution >= 4 is 0 Å². The summed E-state index contributed by atoms with van der Waals surface area (Å²) in [7, 11) is 0. The van der Waals surface area contributed by atoms with Gasteiger partial charge in [0.25, 0.3) is 0 Å². The van der Waals surface area contributed by atoms with Gasteiger partial charge in [0.15, 0.2) is 0 Å². The van der Waals surface area contributed by atoms with E-state index in [4.69, 9.17) is 5.73 Å². The van der Waals surface area contributed by atoms with E-state index < -0.39 is 12.3 Å². The van der Waals surface area contributed by atoms with Gasteiger partial charge < -0.3 is 5.73 Å². The Morgan fingerprint density at radius 2 is 1.75 bits per heavy atom. The summed E-state index contributed by atoms with van der Waals surface area (Å²) in [5, 5.41) is 0. The van der Waals surface area contributed by atoms with Gasteiger partial charge in [0, 0.05) is 12.5 Å². The quantitative estimate of drug-likeness (QED) is 0.703. The average Bonchev–Trinajstić information content (AvgIpc) is 2.07. The maximum absolute atomic E-state index is 12.4. The van der Waals surface area contributed by atoms with Crippen molar-refractivity contribution in [1.29, 1.82) is 0 Å². The predicted molar refractivity (Wildman–Crippen MR) is 45.1 cm³/mol. The van der Waals surface area contributed by atoms with Gasteiger partial charge in [-0.2, -0.15) is 0 Å². The van der Waals surface area contributed by atoms with Crippen LogP contribution in [0.4, 0.5) is 8.78 Å². The molecule has 3 heteroatoms. The molecular formula is C9H17F2N. The van der Waals surface area contributed by atoms with Crippen LogP contribution in [0.25, 0.3) is 0 Å². The van der Waals surface area contributed by atoms with Crippen molar-refractivity contribution in [2.24, 2.45) is 17.6 Å². The van der Waals surface area contributed by atoms with Gasteiger partial charge in [-0.25, -0.2) is 8.78 Å². The molecule has 1 saturated carbocycles. The van der Waals surface area contributed by atoms with E-state index >= 15 is 0 Å². The highest BCUT2D eigenvalue weighted by Crippen LogP contribution is 2.32. The molecule has 1 rings (SSSR count). The van der Waals surface area contributed by atoms with Crippen molar-refractivity contribution in [2.75, 3.05) is 6.54 Å². The Balaban J connectivity index is 2.40. The second kappa shape index (κ2) is 4.75. The molecule has 1 atom stereocenters. The Bertz CT molecular complexity index is 122. The van der Waals surface area contributed by atoms with Gasteiger partial charge in [-0.05, 0) is 18.8 Å². The molecule has 12 heavy (non-hydrogen) atoms. The fourth-order valence-electron chi connectivity index (χ4n) is 2.06. The van der Waals surface area contributed by atoms with Crippen LogP contribution in [-0.4, -0.2) is 13.0 Å². The van der Waals surface area contributed by atoms with Gasteiger partial charge in [-0.3, -0.25) is 0 Å². The highest BCUT2D eigenvalue weighted by Gasteiger charge is 2.29. The number of halogens is 2. The van der Waals surface area contributed by atoms with Gasteiger partial charge in [0.2, 0.25) is 6.43 Å². The van der Waals surface area contributed by atoms with Gasteiger partial charge in [-0.1, -0.05) is 19.3 Å². The first-order valence-electron chi connectivity index (χ1n) is 4.74. The summed E-state index contributed by atoms with van der Waals surface area (Å²) < 4.78 is 24.8. The Hall–Kier alpha value is -0.180. The topological polar surface area (TPSA) is 26.0 Å². The lowest BCUT2D eigenvalue weighted by Crippen LogP contribution is -2.31. The van der Waals surface area contributed by atoms with Crippen LogP contribution < -0.4 is 5.73 Å². The van der Waals surface area contributed by atoms with Gasteiger partial charge >= 0.3 is 0 Å². The molecule has 0 aliphatic heterocycles. The zero-order chi connectivity index (χ0) is 8.97. The van der Waals surface area contributed by atoms with E-state index in [9.17, 15) is 8.78 Å². The van der Waals surface area contributed by atoms with Gasteiger partial charge in [-0.15, -0.1) is 0 Å². The smallest absolute Gasteiger partial charge is 0.242 e. The maximum atomic E-state index is 12.4. The second-order valence-corrected chi connectivity index (χ2v) is 3.63. The minimum Gasteiger partial charge on any atom is -0.330 e. The molecule has 0 radical (unpaired) electrons. The maximum Gasteiger partial charge on any atom is 0.242 e. The molecule has 72 valence electrons. The fraction of sp³-hybridized carbons (Fsp3) is 1.00. The first-order valence-corrected chi connectivity index (χ1v) is 4.74. The van der Waals surface area contributed by atoms with Crippen molar-refractivity contribution in [2.45, 2.75) is 38.5 Å². The molecule has 0 bridgehead atoms. The largest absolute Gasteiger partial charge is 0.330 e. The fourth-order valence-corrected chi connectivity index (χ4v) is 2.06. The van der Waals surface area contributed by atoms with Crippen LogP contribution in [-0.2, 0) is 0 Å². The highest BCUT2D eigenvalue weighted by atomic mass is 19.3. The Morgan fingerprint density at radius 3 is 2.17 bits per heavy atom. The van der Waals surface area contributed by atoms with E-state index in [1.54, 1.807) is 0 Å². The standard InChI is InChI=1S/C9H17F2N/c10-9(11)8(6-12)7-4-2-1-3-5-7/h7-9H,1-6,12H2. The molecule has 0 amide bonds. The molecule has 2 N–H and O–H groups in total. The summed E-state index contributed by atoms with van der Waals surface area (Å²) in [6.45, 7) is 0.141. The number of hydrogen-bond donors (Lipinski definition) is 1. The van der Waals surface area contributed by atoms with E-state index in [1.165, 1.54) is 6.42 Å². The molecule has 0 spiro atoms. The third-order valence-electron chi connectivity index (χ3n) is 2.85. The summed E-state index contributed by atoms with van der Waals surface area (Å²) in [4.78, 5) is 0. The Morgan fingerprint density at radius 1 is 1.17 bits per heavy atom. The summed E-state index contributed by atoms with van der Waals surface area (Å²) in [6, 6.07) is 0. The van der Waals surface area contributed by atoms with Crippen LogP contribution in [0.5, 0.6) is 0 Å². The lowest BCUT2D eigenvalue weighted by Gasteiger charge is -2.28. The first kappa shape index (κ1) is 9.90. The SMILES string of the molecule is NCC(C(F)F)C1CCCCC1. The third-order valence-corrected chi connectivity index (χ3v) is 2.85. The van der Waals surface area contributed by atoms with Crippen molar-refractivity contribution in [3.8, 4) is 0 Å². The van der Waals surface area contributed by atoms with Gasteiger partial charge in [0.1, 0.15) is 0 Å².